The number of hydrogen-bond acceptors (Lipinski definition) is 2. The van der Waals surface area contributed by atoms with Crippen LogP contribution in [-0.4, -0.2) is 25.5 Å². The Labute approximate surface area is 92.1 Å². The lowest BCUT2D eigenvalue weighted by Gasteiger charge is -2.25. The molecular formula is C13H20N2. The first kappa shape index (κ1) is 10.7. The first-order valence-corrected chi connectivity index (χ1v) is 5.69. The van der Waals surface area contributed by atoms with E-state index < -0.39 is 0 Å². The zero-order chi connectivity index (χ0) is 10.8. The highest BCUT2D eigenvalue weighted by molar-refractivity contribution is 5.35. The van der Waals surface area contributed by atoms with E-state index in [-0.39, 0.29) is 0 Å². The van der Waals surface area contributed by atoms with E-state index >= 15 is 0 Å². The molecule has 15 heavy (non-hydrogen) atoms. The highest BCUT2D eigenvalue weighted by atomic mass is 15.1. The molecule has 0 heterocycles. The van der Waals surface area contributed by atoms with E-state index in [0.717, 1.165) is 5.92 Å². The number of benzene rings is 1. The molecule has 1 saturated carbocycles. The molecule has 1 atom stereocenters. The van der Waals surface area contributed by atoms with Gasteiger partial charge < -0.3 is 10.6 Å². The van der Waals surface area contributed by atoms with Gasteiger partial charge in [-0.3, -0.25) is 0 Å². The predicted octanol–water partition coefficient (Wildman–Crippen LogP) is 2.13. The Kier molecular flexibility index (Phi) is 3.08. The monoisotopic (exact) mass is 204 g/mol. The van der Waals surface area contributed by atoms with Gasteiger partial charge in [0, 0.05) is 12.6 Å². The highest BCUT2D eigenvalue weighted by Crippen LogP contribution is 2.43. The van der Waals surface area contributed by atoms with Crippen molar-refractivity contribution >= 4 is 0 Å². The molecule has 2 heteroatoms. The summed E-state index contributed by atoms with van der Waals surface area (Å²) in [5, 5.41) is 0. The average Bonchev–Trinajstić information content (AvgIpc) is 3.02. The van der Waals surface area contributed by atoms with Gasteiger partial charge in [-0.05, 0) is 44.0 Å². The van der Waals surface area contributed by atoms with Crippen molar-refractivity contribution in [1.82, 2.24) is 4.90 Å². The predicted molar refractivity (Wildman–Crippen MR) is 63.9 cm³/mol. The number of likely N-dealkylation sites (N-methyl/N-ethyl adjacent to an activating group) is 1. The summed E-state index contributed by atoms with van der Waals surface area (Å²) in [7, 11) is 4.20. The van der Waals surface area contributed by atoms with Crippen LogP contribution in [0.4, 0.5) is 0 Å². The van der Waals surface area contributed by atoms with Crippen molar-refractivity contribution in [2.75, 3.05) is 20.6 Å². The SMILES string of the molecule is CN(C)C(CN)c1ccccc1C1CC1. The molecule has 82 valence electrons. The molecule has 1 aromatic rings. The van der Waals surface area contributed by atoms with Gasteiger partial charge in [-0.2, -0.15) is 0 Å². The fourth-order valence-corrected chi connectivity index (χ4v) is 2.20. The van der Waals surface area contributed by atoms with Crippen molar-refractivity contribution in [2.45, 2.75) is 24.8 Å². The average molecular weight is 204 g/mol. The second-order valence-corrected chi connectivity index (χ2v) is 4.62. The molecule has 0 bridgehead atoms. The van der Waals surface area contributed by atoms with Gasteiger partial charge in [0.15, 0.2) is 0 Å². The third-order valence-electron chi connectivity index (χ3n) is 3.22. The third-order valence-corrected chi connectivity index (χ3v) is 3.22. The summed E-state index contributed by atoms with van der Waals surface area (Å²) in [4.78, 5) is 2.21. The zero-order valence-electron chi connectivity index (χ0n) is 9.61. The van der Waals surface area contributed by atoms with Crippen molar-refractivity contribution in [3.8, 4) is 0 Å². The Morgan fingerprint density at radius 2 is 2.00 bits per heavy atom. The molecule has 1 unspecified atom stereocenters. The summed E-state index contributed by atoms with van der Waals surface area (Å²) in [6.45, 7) is 0.691. The van der Waals surface area contributed by atoms with E-state index in [2.05, 4.69) is 43.3 Å². The van der Waals surface area contributed by atoms with Crippen LogP contribution in [0.1, 0.15) is 35.9 Å². The van der Waals surface area contributed by atoms with Crippen LogP contribution in [0, 0.1) is 0 Å². The minimum atomic E-state index is 0.363. The highest BCUT2D eigenvalue weighted by Gasteiger charge is 2.28. The van der Waals surface area contributed by atoms with E-state index in [1.165, 1.54) is 24.0 Å². The summed E-state index contributed by atoms with van der Waals surface area (Å²) < 4.78 is 0. The Morgan fingerprint density at radius 3 is 2.53 bits per heavy atom. The molecule has 0 radical (unpaired) electrons. The van der Waals surface area contributed by atoms with E-state index in [1.807, 2.05) is 0 Å². The lowest BCUT2D eigenvalue weighted by Crippen LogP contribution is -2.28. The van der Waals surface area contributed by atoms with Crippen LogP contribution in [-0.2, 0) is 0 Å². The van der Waals surface area contributed by atoms with Crippen LogP contribution in [0.2, 0.25) is 0 Å². The third kappa shape index (κ3) is 2.21. The standard InChI is InChI=1S/C13H20N2/c1-15(2)13(9-14)12-6-4-3-5-11(12)10-7-8-10/h3-6,10,13H,7-9,14H2,1-2H3. The van der Waals surface area contributed by atoms with Crippen molar-refractivity contribution in [3.63, 3.8) is 0 Å². The smallest absolute Gasteiger partial charge is 0.0467 e. The maximum atomic E-state index is 5.85. The van der Waals surface area contributed by atoms with Gasteiger partial charge in [0.05, 0.1) is 0 Å². The summed E-state index contributed by atoms with van der Waals surface area (Å²) in [5.74, 6) is 0.801. The molecule has 0 aliphatic heterocycles. The maximum absolute atomic E-state index is 5.85. The first-order chi connectivity index (χ1) is 7.24. The van der Waals surface area contributed by atoms with Gasteiger partial charge in [0.1, 0.15) is 0 Å². The molecule has 2 N–H and O–H groups in total. The molecule has 1 aliphatic rings. The van der Waals surface area contributed by atoms with Gasteiger partial charge >= 0.3 is 0 Å². The molecule has 1 fully saturated rings. The van der Waals surface area contributed by atoms with Crippen LogP contribution >= 0.6 is 0 Å². The van der Waals surface area contributed by atoms with Crippen molar-refractivity contribution in [1.29, 1.82) is 0 Å². The minimum Gasteiger partial charge on any atom is -0.329 e. The Balaban J connectivity index is 2.32. The molecule has 0 aromatic heterocycles. The lowest BCUT2D eigenvalue weighted by atomic mass is 9.96. The number of rotatable bonds is 4. The summed E-state index contributed by atoms with van der Waals surface area (Å²) in [6, 6.07) is 9.11. The van der Waals surface area contributed by atoms with Crippen LogP contribution in [0.25, 0.3) is 0 Å². The molecule has 1 aliphatic carbocycles. The summed E-state index contributed by atoms with van der Waals surface area (Å²) in [6.07, 6.45) is 2.70. The molecule has 2 nitrogen and oxygen atoms in total. The summed E-state index contributed by atoms with van der Waals surface area (Å²) in [5.41, 5.74) is 8.79. The second-order valence-electron chi connectivity index (χ2n) is 4.62. The topological polar surface area (TPSA) is 29.3 Å². The zero-order valence-corrected chi connectivity index (χ0v) is 9.61. The van der Waals surface area contributed by atoms with Crippen LogP contribution in [0.15, 0.2) is 24.3 Å². The van der Waals surface area contributed by atoms with Crippen LogP contribution in [0.3, 0.4) is 0 Å². The lowest BCUT2D eigenvalue weighted by molar-refractivity contribution is 0.304. The van der Waals surface area contributed by atoms with Gasteiger partial charge in [-0.1, -0.05) is 24.3 Å². The van der Waals surface area contributed by atoms with Gasteiger partial charge in [-0.25, -0.2) is 0 Å². The van der Waals surface area contributed by atoms with Crippen molar-refractivity contribution in [2.24, 2.45) is 5.73 Å². The minimum absolute atomic E-state index is 0.363. The maximum Gasteiger partial charge on any atom is 0.0467 e. The molecule has 2 rings (SSSR count). The fraction of sp³-hybridized carbons (Fsp3) is 0.538. The molecule has 1 aromatic carbocycles. The van der Waals surface area contributed by atoms with E-state index in [4.69, 9.17) is 5.73 Å². The Hall–Kier alpha value is -0.860. The normalized spacial score (nSPS) is 18.1. The van der Waals surface area contributed by atoms with E-state index in [0.29, 0.717) is 12.6 Å². The second kappa shape index (κ2) is 4.33. The Bertz CT molecular complexity index is 329. The molecule has 0 amide bonds. The van der Waals surface area contributed by atoms with E-state index in [9.17, 15) is 0 Å². The molecular weight excluding hydrogens is 184 g/mol. The van der Waals surface area contributed by atoms with Gasteiger partial charge in [0.2, 0.25) is 0 Å². The van der Waals surface area contributed by atoms with Crippen LogP contribution in [0.5, 0.6) is 0 Å². The van der Waals surface area contributed by atoms with Crippen molar-refractivity contribution in [3.05, 3.63) is 35.4 Å². The number of nitrogens with zero attached hydrogens (tertiary/aromatic N) is 1. The van der Waals surface area contributed by atoms with Gasteiger partial charge in [-0.15, -0.1) is 0 Å². The molecule has 0 saturated heterocycles. The van der Waals surface area contributed by atoms with Crippen LogP contribution < -0.4 is 5.73 Å². The van der Waals surface area contributed by atoms with Crippen molar-refractivity contribution < 1.29 is 0 Å². The first-order valence-electron chi connectivity index (χ1n) is 5.69. The van der Waals surface area contributed by atoms with E-state index in [1.54, 1.807) is 0 Å². The number of hydrogen-bond donors (Lipinski definition) is 1. The molecule has 0 spiro atoms. The Morgan fingerprint density at radius 1 is 1.33 bits per heavy atom. The largest absolute Gasteiger partial charge is 0.329 e. The quantitative estimate of drug-likeness (QED) is 0.814. The summed E-state index contributed by atoms with van der Waals surface area (Å²) >= 11 is 0. The number of nitrogens with two attached hydrogens (primary N) is 1. The fourth-order valence-electron chi connectivity index (χ4n) is 2.20. The van der Waals surface area contributed by atoms with Gasteiger partial charge in [0.25, 0.3) is 0 Å².